The molecule has 3 nitrogen and oxygen atoms in total. The van der Waals surface area contributed by atoms with Gasteiger partial charge in [-0.05, 0) is 18.6 Å². The highest BCUT2D eigenvalue weighted by molar-refractivity contribution is 5.91. The van der Waals surface area contributed by atoms with E-state index < -0.39 is 0 Å². The van der Waals surface area contributed by atoms with Crippen molar-refractivity contribution >= 4 is 12.0 Å². The third kappa shape index (κ3) is 4.31. The molecular weight excluding hydrogens is 214 g/mol. The molecule has 0 saturated carbocycles. The molecule has 1 aromatic rings. The summed E-state index contributed by atoms with van der Waals surface area (Å²) in [4.78, 5) is 13.0. The van der Waals surface area contributed by atoms with Gasteiger partial charge in [0.15, 0.2) is 0 Å². The second-order valence-corrected chi connectivity index (χ2v) is 3.95. The van der Waals surface area contributed by atoms with Gasteiger partial charge < -0.3 is 9.64 Å². The predicted molar refractivity (Wildman–Crippen MR) is 70.0 cm³/mol. The van der Waals surface area contributed by atoms with Crippen molar-refractivity contribution in [1.29, 1.82) is 0 Å². The van der Waals surface area contributed by atoms with Gasteiger partial charge >= 0.3 is 0 Å². The fourth-order valence-electron chi connectivity index (χ4n) is 1.27. The Morgan fingerprint density at radius 3 is 2.71 bits per heavy atom. The Kier molecular flexibility index (Phi) is 5.27. The van der Waals surface area contributed by atoms with Gasteiger partial charge in [-0.15, -0.1) is 0 Å². The van der Waals surface area contributed by atoms with E-state index in [1.165, 1.54) is 4.90 Å². The molecule has 0 aromatic heterocycles. The Balaban J connectivity index is 2.79. The van der Waals surface area contributed by atoms with Gasteiger partial charge in [0.1, 0.15) is 5.75 Å². The van der Waals surface area contributed by atoms with Gasteiger partial charge in [0.25, 0.3) is 0 Å². The molecule has 0 N–H and O–H groups in total. The predicted octanol–water partition coefficient (Wildman–Crippen LogP) is 2.58. The lowest BCUT2D eigenvalue weighted by Gasteiger charge is -2.08. The molecule has 0 radical (unpaired) electrons. The first-order chi connectivity index (χ1) is 8.15. The zero-order chi connectivity index (χ0) is 12.7. The first-order valence-electron chi connectivity index (χ1n) is 5.76. The van der Waals surface area contributed by atoms with E-state index in [-0.39, 0.29) is 5.91 Å². The van der Waals surface area contributed by atoms with Crippen molar-refractivity contribution in [2.45, 2.75) is 13.3 Å². The maximum atomic E-state index is 11.4. The van der Waals surface area contributed by atoms with Crippen LogP contribution in [0.3, 0.4) is 0 Å². The molecule has 0 unspecified atom stereocenters. The van der Waals surface area contributed by atoms with Gasteiger partial charge in [-0.1, -0.05) is 25.1 Å². The number of benzene rings is 1. The van der Waals surface area contributed by atoms with Crippen molar-refractivity contribution in [3.8, 4) is 5.75 Å². The molecule has 0 aliphatic carbocycles. The molecule has 0 bridgehead atoms. The smallest absolute Gasteiger partial charge is 0.246 e. The Bertz CT molecular complexity index is 397. The van der Waals surface area contributed by atoms with E-state index in [1.807, 2.05) is 24.3 Å². The molecule has 0 aliphatic rings. The van der Waals surface area contributed by atoms with Crippen LogP contribution in [0.25, 0.3) is 6.08 Å². The van der Waals surface area contributed by atoms with E-state index in [1.54, 1.807) is 26.2 Å². The fraction of sp³-hybridized carbons (Fsp3) is 0.357. The van der Waals surface area contributed by atoms with Crippen LogP contribution in [0.2, 0.25) is 0 Å². The Morgan fingerprint density at radius 2 is 2.06 bits per heavy atom. The summed E-state index contributed by atoms with van der Waals surface area (Å²) in [6, 6.07) is 7.70. The summed E-state index contributed by atoms with van der Waals surface area (Å²) >= 11 is 0. The van der Waals surface area contributed by atoms with Crippen LogP contribution in [0.4, 0.5) is 0 Å². The highest BCUT2D eigenvalue weighted by Crippen LogP contribution is 2.19. The summed E-state index contributed by atoms with van der Waals surface area (Å²) in [5, 5.41) is 0. The van der Waals surface area contributed by atoms with Crippen LogP contribution in [0.1, 0.15) is 18.9 Å². The minimum absolute atomic E-state index is 0.0321. The molecule has 1 rings (SSSR count). The Morgan fingerprint density at radius 1 is 1.35 bits per heavy atom. The van der Waals surface area contributed by atoms with E-state index in [0.717, 1.165) is 17.7 Å². The van der Waals surface area contributed by atoms with E-state index in [9.17, 15) is 4.79 Å². The quantitative estimate of drug-likeness (QED) is 0.731. The van der Waals surface area contributed by atoms with E-state index in [0.29, 0.717) is 6.61 Å². The lowest BCUT2D eigenvalue weighted by atomic mass is 10.2. The number of hydrogen-bond donors (Lipinski definition) is 0. The molecule has 92 valence electrons. The number of rotatable bonds is 5. The second kappa shape index (κ2) is 6.74. The Hall–Kier alpha value is -1.77. The highest BCUT2D eigenvalue weighted by Gasteiger charge is 2.01. The summed E-state index contributed by atoms with van der Waals surface area (Å²) in [6.45, 7) is 2.75. The molecule has 0 fully saturated rings. The number of nitrogens with zero attached hydrogens (tertiary/aromatic N) is 1. The van der Waals surface area contributed by atoms with Crippen molar-refractivity contribution in [1.82, 2.24) is 4.90 Å². The molecule has 17 heavy (non-hydrogen) atoms. The third-order valence-electron chi connectivity index (χ3n) is 2.23. The van der Waals surface area contributed by atoms with Crippen LogP contribution < -0.4 is 4.74 Å². The van der Waals surface area contributed by atoms with Crippen molar-refractivity contribution in [3.05, 3.63) is 35.9 Å². The van der Waals surface area contributed by atoms with Crippen LogP contribution in [-0.4, -0.2) is 31.5 Å². The molecule has 0 atom stereocenters. The van der Waals surface area contributed by atoms with E-state index >= 15 is 0 Å². The van der Waals surface area contributed by atoms with Crippen molar-refractivity contribution in [2.24, 2.45) is 0 Å². The lowest BCUT2D eigenvalue weighted by molar-refractivity contribution is -0.123. The number of carbonyl (C=O) groups excluding carboxylic acids is 1. The highest BCUT2D eigenvalue weighted by atomic mass is 16.5. The largest absolute Gasteiger partial charge is 0.493 e. The van der Waals surface area contributed by atoms with Crippen molar-refractivity contribution in [3.63, 3.8) is 0 Å². The third-order valence-corrected chi connectivity index (χ3v) is 2.23. The average molecular weight is 233 g/mol. The summed E-state index contributed by atoms with van der Waals surface area (Å²) in [7, 11) is 3.46. The Labute approximate surface area is 103 Å². The van der Waals surface area contributed by atoms with Gasteiger partial charge in [0.05, 0.1) is 6.61 Å². The SMILES string of the molecule is CCCOc1ccccc1/C=C/C(=O)N(C)C. The molecule has 0 spiro atoms. The van der Waals surface area contributed by atoms with Crippen molar-refractivity contribution < 1.29 is 9.53 Å². The molecule has 0 saturated heterocycles. The number of amides is 1. The maximum Gasteiger partial charge on any atom is 0.246 e. The standard InChI is InChI=1S/C14H19NO2/c1-4-11-17-13-8-6-5-7-12(13)9-10-14(16)15(2)3/h5-10H,4,11H2,1-3H3/b10-9+. The lowest BCUT2D eigenvalue weighted by Crippen LogP contribution is -2.18. The zero-order valence-corrected chi connectivity index (χ0v) is 10.6. The van der Waals surface area contributed by atoms with Crippen LogP contribution in [0.5, 0.6) is 5.75 Å². The second-order valence-electron chi connectivity index (χ2n) is 3.95. The molecular formula is C14H19NO2. The monoisotopic (exact) mass is 233 g/mol. The number of ether oxygens (including phenoxy) is 1. The first kappa shape index (κ1) is 13.3. The fourth-order valence-corrected chi connectivity index (χ4v) is 1.27. The molecule has 0 aliphatic heterocycles. The van der Waals surface area contributed by atoms with Crippen LogP contribution >= 0.6 is 0 Å². The van der Waals surface area contributed by atoms with Crippen LogP contribution in [0, 0.1) is 0 Å². The molecule has 1 amide bonds. The normalized spacial score (nSPS) is 10.5. The molecule has 3 heteroatoms. The van der Waals surface area contributed by atoms with Crippen molar-refractivity contribution in [2.75, 3.05) is 20.7 Å². The number of para-hydroxylation sites is 1. The maximum absolute atomic E-state index is 11.4. The van der Waals surface area contributed by atoms with Gasteiger partial charge in [0, 0.05) is 25.7 Å². The minimum Gasteiger partial charge on any atom is -0.493 e. The summed E-state index contributed by atoms with van der Waals surface area (Å²) in [5.74, 6) is 0.785. The zero-order valence-electron chi connectivity index (χ0n) is 10.6. The molecule has 1 aromatic carbocycles. The van der Waals surface area contributed by atoms with Gasteiger partial charge in [-0.3, -0.25) is 4.79 Å². The van der Waals surface area contributed by atoms with E-state index in [2.05, 4.69) is 6.92 Å². The summed E-state index contributed by atoms with van der Waals surface area (Å²) in [6.07, 6.45) is 4.30. The number of hydrogen-bond acceptors (Lipinski definition) is 2. The topological polar surface area (TPSA) is 29.5 Å². The number of carbonyl (C=O) groups is 1. The molecule has 0 heterocycles. The first-order valence-corrected chi connectivity index (χ1v) is 5.76. The summed E-state index contributed by atoms with van der Waals surface area (Å²) in [5.41, 5.74) is 0.927. The van der Waals surface area contributed by atoms with Gasteiger partial charge in [-0.2, -0.15) is 0 Å². The van der Waals surface area contributed by atoms with Gasteiger partial charge in [-0.25, -0.2) is 0 Å². The summed E-state index contributed by atoms with van der Waals surface area (Å²) < 4.78 is 5.60. The average Bonchev–Trinajstić information content (AvgIpc) is 2.34. The number of likely N-dealkylation sites (N-methyl/N-ethyl adjacent to an activating group) is 1. The minimum atomic E-state index is -0.0321. The van der Waals surface area contributed by atoms with E-state index in [4.69, 9.17) is 4.74 Å². The van der Waals surface area contributed by atoms with Gasteiger partial charge in [0.2, 0.25) is 5.91 Å². The van der Waals surface area contributed by atoms with Crippen LogP contribution in [-0.2, 0) is 4.79 Å². The van der Waals surface area contributed by atoms with Crippen LogP contribution in [0.15, 0.2) is 30.3 Å².